The summed E-state index contributed by atoms with van der Waals surface area (Å²) in [5.41, 5.74) is 0.0401. The Hall–Kier alpha value is -0.930. The molecule has 0 aliphatic rings. The van der Waals surface area contributed by atoms with E-state index in [2.05, 4.69) is 6.92 Å². The number of ether oxygens (including phenoxy) is 2. The Morgan fingerprint density at radius 3 is 1.40 bits per heavy atom. The largest absolute Gasteiger partial charge is 1.00 e. The molecule has 0 spiro atoms. The Morgan fingerprint density at radius 1 is 0.675 bits per heavy atom. The number of carbonyl (C=O) groups is 2. The number of benzene rings is 1. The predicted octanol–water partition coefficient (Wildman–Crippen LogP) is 4.98. The van der Waals surface area contributed by atoms with Gasteiger partial charge in [-0.15, -0.1) is 0 Å². The van der Waals surface area contributed by atoms with E-state index in [0.29, 0.717) is 0 Å². The molecule has 0 fully saturated rings. The van der Waals surface area contributed by atoms with Crippen molar-refractivity contribution in [2.75, 3.05) is 13.2 Å². The predicted molar refractivity (Wildman–Crippen MR) is 155 cm³/mol. The summed E-state index contributed by atoms with van der Waals surface area (Å²) in [6.45, 7) is 3.12. The van der Waals surface area contributed by atoms with Crippen molar-refractivity contribution in [3.63, 3.8) is 0 Å². The first-order valence-electron chi connectivity index (χ1n) is 15.1. The SMILES string of the molecule is CCCCCCCCCCCCCCCCCCCCOC(=O)c1ccccc1C(=O)OCC(C)S(=O)(=O)[O-].[Na+]. The fraction of sp³-hybridized carbons (Fsp3) is 0.742. The van der Waals surface area contributed by atoms with Crippen LogP contribution in [0.2, 0.25) is 0 Å². The van der Waals surface area contributed by atoms with Crippen molar-refractivity contribution in [2.24, 2.45) is 0 Å². The van der Waals surface area contributed by atoms with Crippen LogP contribution in [-0.4, -0.2) is 43.4 Å². The first-order chi connectivity index (χ1) is 18.8. The van der Waals surface area contributed by atoms with E-state index in [1.54, 1.807) is 12.1 Å². The van der Waals surface area contributed by atoms with Crippen LogP contribution < -0.4 is 29.6 Å². The number of hydrogen-bond acceptors (Lipinski definition) is 7. The fourth-order valence-corrected chi connectivity index (χ4v) is 4.67. The summed E-state index contributed by atoms with van der Waals surface area (Å²) in [5, 5.41) is -1.37. The van der Waals surface area contributed by atoms with E-state index < -0.39 is 33.9 Å². The first kappa shape index (κ1) is 39.1. The molecule has 0 aromatic heterocycles. The van der Waals surface area contributed by atoms with Crippen molar-refractivity contribution < 1.29 is 61.6 Å². The number of carbonyl (C=O) groups excluding carboxylic acids is 2. The van der Waals surface area contributed by atoms with Gasteiger partial charge in [-0.3, -0.25) is 0 Å². The van der Waals surface area contributed by atoms with Crippen molar-refractivity contribution in [1.82, 2.24) is 0 Å². The summed E-state index contributed by atoms with van der Waals surface area (Å²) >= 11 is 0. The molecule has 0 aliphatic carbocycles. The molecule has 0 saturated carbocycles. The van der Waals surface area contributed by atoms with Gasteiger partial charge < -0.3 is 14.0 Å². The van der Waals surface area contributed by atoms with Gasteiger partial charge in [0.15, 0.2) is 0 Å². The normalized spacial score (nSPS) is 12.0. The number of hydrogen-bond donors (Lipinski definition) is 0. The molecule has 0 aliphatic heterocycles. The molecule has 1 aromatic carbocycles. The van der Waals surface area contributed by atoms with Crippen LogP contribution in [-0.2, 0) is 19.6 Å². The van der Waals surface area contributed by atoms with Gasteiger partial charge in [0.2, 0.25) is 0 Å². The monoisotopic (exact) mass is 590 g/mol. The van der Waals surface area contributed by atoms with Gasteiger partial charge in [0.25, 0.3) is 0 Å². The topological polar surface area (TPSA) is 110 Å². The maximum atomic E-state index is 12.5. The molecule has 0 saturated heterocycles. The van der Waals surface area contributed by atoms with E-state index in [1.807, 2.05) is 0 Å². The maximum Gasteiger partial charge on any atom is 1.00 e. The summed E-state index contributed by atoms with van der Waals surface area (Å²) in [6.07, 6.45) is 23.1. The second-order valence-electron chi connectivity index (χ2n) is 10.6. The van der Waals surface area contributed by atoms with Gasteiger partial charge in [-0.25, -0.2) is 18.0 Å². The zero-order valence-electron chi connectivity index (χ0n) is 25.3. The summed E-state index contributed by atoms with van der Waals surface area (Å²) in [4.78, 5) is 24.8. The number of rotatable bonds is 24. The standard InChI is InChI=1S/C31H52O7S.Na/c1-3-4-5-6-7-8-9-10-11-12-13-14-15-16-17-18-19-22-25-37-30(32)28-23-20-21-24-29(28)31(33)38-26-27(2)39(34,35)36;/h20-21,23-24,27H,3-19,22,25-26H2,1-2H3,(H,34,35,36);/q;+1/p-1. The molecule has 1 rings (SSSR count). The van der Waals surface area contributed by atoms with E-state index in [1.165, 1.54) is 108 Å². The third-order valence-electron chi connectivity index (χ3n) is 7.04. The average molecular weight is 591 g/mol. The van der Waals surface area contributed by atoms with Crippen molar-refractivity contribution >= 4 is 22.1 Å². The van der Waals surface area contributed by atoms with Crippen LogP contribution in [0.5, 0.6) is 0 Å². The molecule has 9 heteroatoms. The Kier molecular flexibility index (Phi) is 24.1. The molecule has 0 amide bonds. The Labute approximate surface area is 265 Å². The second kappa shape index (κ2) is 24.6. The number of unbranched alkanes of at least 4 members (excludes halogenated alkanes) is 17. The molecule has 0 N–H and O–H groups in total. The number of esters is 2. The third-order valence-corrected chi connectivity index (χ3v) is 8.16. The van der Waals surface area contributed by atoms with Gasteiger partial charge in [-0.1, -0.05) is 128 Å². The van der Waals surface area contributed by atoms with Gasteiger partial charge in [-0.2, -0.15) is 0 Å². The Balaban J connectivity index is 0.0000152. The summed E-state index contributed by atoms with van der Waals surface area (Å²) in [7, 11) is -4.56. The van der Waals surface area contributed by atoms with E-state index in [9.17, 15) is 22.6 Å². The molecule has 1 aromatic rings. The van der Waals surface area contributed by atoms with Crippen molar-refractivity contribution in [1.29, 1.82) is 0 Å². The van der Waals surface area contributed by atoms with Crippen molar-refractivity contribution in [3.05, 3.63) is 35.4 Å². The smallest absolute Gasteiger partial charge is 0.748 e. The molecule has 0 bridgehead atoms. The summed E-state index contributed by atoms with van der Waals surface area (Å²) < 4.78 is 43.2. The minimum absolute atomic E-state index is 0. The van der Waals surface area contributed by atoms with E-state index in [0.717, 1.165) is 26.2 Å². The van der Waals surface area contributed by atoms with Gasteiger partial charge in [0.05, 0.1) is 23.0 Å². The summed E-state index contributed by atoms with van der Waals surface area (Å²) in [5.74, 6) is -1.50. The molecule has 1 unspecified atom stereocenters. The molecule has 40 heavy (non-hydrogen) atoms. The van der Waals surface area contributed by atoms with E-state index >= 15 is 0 Å². The van der Waals surface area contributed by atoms with Gasteiger partial charge in [0, 0.05) is 0 Å². The van der Waals surface area contributed by atoms with E-state index in [4.69, 9.17) is 9.47 Å². The molecule has 0 radical (unpaired) electrons. The average Bonchev–Trinajstić information content (AvgIpc) is 2.92. The van der Waals surface area contributed by atoms with Crippen LogP contribution in [0.4, 0.5) is 0 Å². The fourth-order valence-electron chi connectivity index (χ4n) is 4.44. The molecule has 0 heterocycles. The zero-order valence-corrected chi connectivity index (χ0v) is 28.1. The minimum Gasteiger partial charge on any atom is -0.748 e. The first-order valence-corrected chi connectivity index (χ1v) is 16.6. The molecular weight excluding hydrogens is 539 g/mol. The molecule has 1 atom stereocenters. The van der Waals surface area contributed by atoms with Gasteiger partial charge >= 0.3 is 41.5 Å². The van der Waals surface area contributed by atoms with E-state index in [-0.39, 0.29) is 47.3 Å². The Bertz CT molecular complexity index is 905. The minimum atomic E-state index is -4.56. The molecular formula is C31H51NaO7S. The van der Waals surface area contributed by atoms with Crippen molar-refractivity contribution in [2.45, 2.75) is 135 Å². The maximum absolute atomic E-state index is 12.5. The quantitative estimate of drug-likeness (QED) is 0.0723. The van der Waals surface area contributed by atoms with Crippen LogP contribution in [0.1, 0.15) is 150 Å². The zero-order chi connectivity index (χ0) is 28.8. The van der Waals surface area contributed by atoms with Crippen LogP contribution in [0.3, 0.4) is 0 Å². The summed E-state index contributed by atoms with van der Waals surface area (Å²) in [6, 6.07) is 6.04. The molecule has 7 nitrogen and oxygen atoms in total. The molecule has 224 valence electrons. The third kappa shape index (κ3) is 19.2. The van der Waals surface area contributed by atoms with Gasteiger partial charge in [-0.05, 0) is 25.5 Å². The Morgan fingerprint density at radius 2 is 1.02 bits per heavy atom. The van der Waals surface area contributed by atoms with Crippen LogP contribution >= 0.6 is 0 Å². The van der Waals surface area contributed by atoms with Crippen LogP contribution in [0.25, 0.3) is 0 Å². The van der Waals surface area contributed by atoms with Crippen LogP contribution in [0, 0.1) is 0 Å². The second-order valence-corrected chi connectivity index (χ2v) is 12.4. The van der Waals surface area contributed by atoms with Crippen molar-refractivity contribution in [3.8, 4) is 0 Å². The van der Waals surface area contributed by atoms with Gasteiger partial charge in [0.1, 0.15) is 16.7 Å². The van der Waals surface area contributed by atoms with Crippen LogP contribution in [0.15, 0.2) is 24.3 Å².